The Kier molecular flexibility index (Phi) is 3.18. The maximum Gasteiger partial charge on any atom is 0.252 e. The second kappa shape index (κ2) is 4.42. The predicted octanol–water partition coefficient (Wildman–Crippen LogP) is -0.0896. The van der Waals surface area contributed by atoms with Gasteiger partial charge in [0.2, 0.25) is 0 Å². The first kappa shape index (κ1) is 8.63. The van der Waals surface area contributed by atoms with Crippen LogP contribution in [-0.4, -0.2) is 17.5 Å². The second-order valence-corrected chi connectivity index (χ2v) is 2.10. The Morgan fingerprint density at radius 2 is 2.58 bits per heavy atom. The topological polar surface area (TPSA) is 77.2 Å². The Labute approximate surface area is 69.5 Å². The molecule has 12 heavy (non-hydrogen) atoms. The van der Waals surface area contributed by atoms with E-state index >= 15 is 0 Å². The fraction of sp³-hybridized carbons (Fsp3) is 0.143. The van der Waals surface area contributed by atoms with Crippen LogP contribution < -0.4 is 11.2 Å². The molecule has 0 spiro atoms. The van der Waals surface area contributed by atoms with Crippen LogP contribution in [-0.2, 0) is 9.63 Å². The lowest BCUT2D eigenvalue weighted by molar-refractivity contribution is -0.120. The zero-order valence-corrected chi connectivity index (χ0v) is 6.36. The van der Waals surface area contributed by atoms with Crippen molar-refractivity contribution in [3.05, 3.63) is 24.5 Å². The Balaban J connectivity index is 2.47. The first-order chi connectivity index (χ1) is 5.83. The van der Waals surface area contributed by atoms with E-state index in [0.717, 1.165) is 0 Å². The van der Waals surface area contributed by atoms with Gasteiger partial charge in [0, 0.05) is 6.20 Å². The number of amides is 1. The molecule has 0 saturated heterocycles. The highest BCUT2D eigenvalue weighted by molar-refractivity contribution is 5.91. The minimum Gasteiger partial charge on any atom is -0.323 e. The lowest BCUT2D eigenvalue weighted by Gasteiger charge is -2.01. The Morgan fingerprint density at radius 3 is 3.17 bits per heavy atom. The van der Waals surface area contributed by atoms with Gasteiger partial charge in [-0.1, -0.05) is 0 Å². The SMILES string of the molecule is NOCC(=O)Nc1cccnc1. The third-order valence-corrected chi connectivity index (χ3v) is 1.16. The van der Waals surface area contributed by atoms with Gasteiger partial charge in [0.15, 0.2) is 0 Å². The molecule has 0 radical (unpaired) electrons. The lowest BCUT2D eigenvalue weighted by Crippen LogP contribution is -2.20. The van der Waals surface area contributed by atoms with Crippen LogP contribution in [0.2, 0.25) is 0 Å². The lowest BCUT2D eigenvalue weighted by atomic mass is 10.4. The molecule has 0 unspecified atom stereocenters. The third-order valence-electron chi connectivity index (χ3n) is 1.16. The molecule has 5 heteroatoms. The molecule has 1 aromatic heterocycles. The van der Waals surface area contributed by atoms with Crippen molar-refractivity contribution in [2.24, 2.45) is 5.90 Å². The summed E-state index contributed by atoms with van der Waals surface area (Å²) in [4.78, 5) is 18.8. The van der Waals surface area contributed by atoms with Crippen LogP contribution >= 0.6 is 0 Å². The number of nitrogens with zero attached hydrogens (tertiary/aromatic N) is 1. The molecule has 1 heterocycles. The summed E-state index contributed by atoms with van der Waals surface area (Å²) in [6.45, 7) is -0.158. The number of pyridine rings is 1. The van der Waals surface area contributed by atoms with Crippen molar-refractivity contribution in [1.29, 1.82) is 0 Å². The van der Waals surface area contributed by atoms with E-state index in [1.807, 2.05) is 0 Å². The van der Waals surface area contributed by atoms with Gasteiger partial charge in [-0.15, -0.1) is 0 Å². The van der Waals surface area contributed by atoms with Crippen LogP contribution in [0.5, 0.6) is 0 Å². The summed E-state index contributed by atoms with van der Waals surface area (Å²) in [6, 6.07) is 3.44. The number of aromatic nitrogens is 1. The fourth-order valence-corrected chi connectivity index (χ4v) is 0.709. The van der Waals surface area contributed by atoms with E-state index in [4.69, 9.17) is 5.90 Å². The number of carbonyl (C=O) groups is 1. The van der Waals surface area contributed by atoms with Crippen molar-refractivity contribution >= 4 is 11.6 Å². The largest absolute Gasteiger partial charge is 0.323 e. The summed E-state index contributed by atoms with van der Waals surface area (Å²) in [5, 5.41) is 2.54. The van der Waals surface area contributed by atoms with Crippen molar-refractivity contribution < 1.29 is 9.63 Å². The molecule has 5 nitrogen and oxygen atoms in total. The molecule has 0 saturated carbocycles. The zero-order valence-electron chi connectivity index (χ0n) is 6.36. The molecule has 1 rings (SSSR count). The molecule has 1 aromatic rings. The van der Waals surface area contributed by atoms with Gasteiger partial charge in [0.1, 0.15) is 6.61 Å². The van der Waals surface area contributed by atoms with E-state index in [1.54, 1.807) is 18.3 Å². The van der Waals surface area contributed by atoms with E-state index in [2.05, 4.69) is 15.1 Å². The summed E-state index contributed by atoms with van der Waals surface area (Å²) in [6.07, 6.45) is 3.16. The summed E-state index contributed by atoms with van der Waals surface area (Å²) >= 11 is 0. The standard InChI is InChI=1S/C7H9N3O2/c8-12-5-7(11)10-6-2-1-3-9-4-6/h1-4H,5,8H2,(H,10,11). The van der Waals surface area contributed by atoms with Gasteiger partial charge in [-0.2, -0.15) is 0 Å². The maximum absolute atomic E-state index is 10.9. The monoisotopic (exact) mass is 167 g/mol. The smallest absolute Gasteiger partial charge is 0.252 e. The molecule has 64 valence electrons. The molecular weight excluding hydrogens is 158 g/mol. The van der Waals surface area contributed by atoms with Crippen LogP contribution in [0, 0.1) is 0 Å². The highest BCUT2D eigenvalue weighted by atomic mass is 16.6. The number of anilines is 1. The Hall–Kier alpha value is -1.46. The van der Waals surface area contributed by atoms with E-state index in [0.29, 0.717) is 5.69 Å². The van der Waals surface area contributed by atoms with Gasteiger partial charge >= 0.3 is 0 Å². The first-order valence-corrected chi connectivity index (χ1v) is 3.34. The number of rotatable bonds is 3. The number of hydrogen-bond donors (Lipinski definition) is 2. The van der Waals surface area contributed by atoms with Gasteiger partial charge in [0.05, 0.1) is 11.9 Å². The fourth-order valence-electron chi connectivity index (χ4n) is 0.709. The summed E-state index contributed by atoms with van der Waals surface area (Å²) < 4.78 is 0. The maximum atomic E-state index is 10.9. The Morgan fingerprint density at radius 1 is 1.75 bits per heavy atom. The van der Waals surface area contributed by atoms with Gasteiger partial charge < -0.3 is 5.32 Å². The van der Waals surface area contributed by atoms with E-state index < -0.39 is 0 Å². The van der Waals surface area contributed by atoms with E-state index in [1.165, 1.54) is 6.20 Å². The minimum atomic E-state index is -0.300. The van der Waals surface area contributed by atoms with Crippen LogP contribution in [0.25, 0.3) is 0 Å². The minimum absolute atomic E-state index is 0.158. The molecule has 0 aromatic carbocycles. The summed E-state index contributed by atoms with van der Waals surface area (Å²) in [5.41, 5.74) is 0.625. The van der Waals surface area contributed by atoms with Gasteiger partial charge in [0.25, 0.3) is 5.91 Å². The Bertz CT molecular complexity index is 250. The molecule has 0 aliphatic rings. The van der Waals surface area contributed by atoms with Crippen molar-refractivity contribution in [2.75, 3.05) is 11.9 Å². The van der Waals surface area contributed by atoms with Gasteiger partial charge in [-0.3, -0.25) is 14.6 Å². The summed E-state index contributed by atoms with van der Waals surface area (Å²) in [5.74, 6) is 4.41. The predicted molar refractivity (Wildman–Crippen MR) is 43.0 cm³/mol. The zero-order chi connectivity index (χ0) is 8.81. The molecule has 1 amide bonds. The molecule has 0 aliphatic carbocycles. The number of hydrogen-bond acceptors (Lipinski definition) is 4. The summed E-state index contributed by atoms with van der Waals surface area (Å²) in [7, 11) is 0. The van der Waals surface area contributed by atoms with Crippen LogP contribution in [0.15, 0.2) is 24.5 Å². The number of nitrogens with one attached hydrogen (secondary N) is 1. The van der Waals surface area contributed by atoms with Crippen molar-refractivity contribution in [2.45, 2.75) is 0 Å². The van der Waals surface area contributed by atoms with Gasteiger partial charge in [-0.05, 0) is 12.1 Å². The normalized spacial score (nSPS) is 9.42. The highest BCUT2D eigenvalue weighted by Crippen LogP contribution is 2.01. The van der Waals surface area contributed by atoms with Crippen LogP contribution in [0.3, 0.4) is 0 Å². The highest BCUT2D eigenvalue weighted by Gasteiger charge is 1.99. The molecule has 3 N–H and O–H groups in total. The number of carbonyl (C=O) groups excluding carboxylic acids is 1. The van der Waals surface area contributed by atoms with Gasteiger partial charge in [-0.25, -0.2) is 5.90 Å². The molecule has 0 fully saturated rings. The van der Waals surface area contributed by atoms with Crippen molar-refractivity contribution in [3.63, 3.8) is 0 Å². The molecule has 0 aliphatic heterocycles. The van der Waals surface area contributed by atoms with Crippen LogP contribution in [0.1, 0.15) is 0 Å². The average molecular weight is 167 g/mol. The average Bonchev–Trinajstić information content (AvgIpc) is 2.06. The quantitative estimate of drug-likeness (QED) is 0.617. The van der Waals surface area contributed by atoms with E-state index in [9.17, 15) is 4.79 Å². The second-order valence-electron chi connectivity index (χ2n) is 2.10. The van der Waals surface area contributed by atoms with E-state index in [-0.39, 0.29) is 12.5 Å². The molecule has 0 atom stereocenters. The molecular formula is C7H9N3O2. The molecule has 0 bridgehead atoms. The van der Waals surface area contributed by atoms with Crippen molar-refractivity contribution in [3.8, 4) is 0 Å². The van der Waals surface area contributed by atoms with Crippen LogP contribution in [0.4, 0.5) is 5.69 Å². The number of nitrogens with two attached hydrogens (primary N) is 1. The van der Waals surface area contributed by atoms with Crippen molar-refractivity contribution in [1.82, 2.24) is 4.98 Å². The third kappa shape index (κ3) is 2.65. The first-order valence-electron chi connectivity index (χ1n) is 3.34.